The van der Waals surface area contributed by atoms with E-state index in [0.717, 1.165) is 10.4 Å². The van der Waals surface area contributed by atoms with Gasteiger partial charge in [0.2, 0.25) is 0 Å². The number of para-hydroxylation sites is 1. The molecule has 11 heteroatoms. The number of anilines is 1. The number of fused-ring (bicyclic) bond motifs is 1. The maximum atomic E-state index is 13.8. The second-order valence-electron chi connectivity index (χ2n) is 8.66. The number of thiophene rings is 1. The largest absolute Gasteiger partial charge is 0.493 e. The van der Waals surface area contributed by atoms with Crippen molar-refractivity contribution in [1.29, 1.82) is 0 Å². The van der Waals surface area contributed by atoms with Crippen LogP contribution in [0.25, 0.3) is 6.08 Å². The SMILES string of the molecule is COc1cc(/C=c2/sc3n(c2=O)[C@@H](c2cccs2)C(C(=O)Nc2ccccc2C)=C(C)N=3)ccc1OC(F)F. The smallest absolute Gasteiger partial charge is 0.387 e. The molecule has 3 heterocycles. The van der Waals surface area contributed by atoms with Gasteiger partial charge in [0.25, 0.3) is 11.5 Å². The molecule has 0 radical (unpaired) electrons. The van der Waals surface area contributed by atoms with E-state index in [1.807, 2.05) is 48.7 Å². The topological polar surface area (TPSA) is 81.9 Å². The van der Waals surface area contributed by atoms with Crippen molar-refractivity contribution in [3.8, 4) is 11.5 Å². The van der Waals surface area contributed by atoms with Crippen LogP contribution in [0.5, 0.6) is 11.5 Å². The molecule has 1 aliphatic rings. The van der Waals surface area contributed by atoms with E-state index in [1.165, 1.54) is 46.5 Å². The minimum atomic E-state index is -2.99. The molecule has 1 amide bonds. The minimum Gasteiger partial charge on any atom is -0.493 e. The van der Waals surface area contributed by atoms with Crippen molar-refractivity contribution in [2.24, 2.45) is 4.99 Å². The van der Waals surface area contributed by atoms with Gasteiger partial charge in [-0.25, -0.2) is 4.99 Å². The molecule has 200 valence electrons. The van der Waals surface area contributed by atoms with Gasteiger partial charge in [0, 0.05) is 10.6 Å². The summed E-state index contributed by atoms with van der Waals surface area (Å²) in [6.07, 6.45) is 1.64. The lowest BCUT2D eigenvalue weighted by Crippen LogP contribution is -2.40. The van der Waals surface area contributed by atoms with Gasteiger partial charge in [-0.1, -0.05) is 41.7 Å². The molecule has 2 aromatic heterocycles. The van der Waals surface area contributed by atoms with E-state index in [-0.39, 0.29) is 23.0 Å². The Morgan fingerprint density at radius 1 is 1.13 bits per heavy atom. The summed E-state index contributed by atoms with van der Waals surface area (Å²) in [7, 11) is 1.35. The predicted octanol–water partition coefficient (Wildman–Crippen LogP) is 4.85. The van der Waals surface area contributed by atoms with Gasteiger partial charge in [0.1, 0.15) is 6.04 Å². The van der Waals surface area contributed by atoms with E-state index in [1.54, 1.807) is 19.1 Å². The molecule has 5 rings (SSSR count). The zero-order valence-electron chi connectivity index (χ0n) is 21.1. The fourth-order valence-corrected chi connectivity index (χ4v) is 6.22. The van der Waals surface area contributed by atoms with Crippen molar-refractivity contribution >= 4 is 40.3 Å². The van der Waals surface area contributed by atoms with Gasteiger partial charge < -0.3 is 14.8 Å². The minimum absolute atomic E-state index is 0.108. The second-order valence-corrected chi connectivity index (χ2v) is 10.6. The standard InChI is InChI=1S/C28H23F2N3O4S2/c1-15-7-4-5-8-18(15)32-25(34)23-16(2)31-28-33(24(23)21-9-6-12-38-21)26(35)22(39-28)14-17-10-11-19(37-27(29)30)20(13-17)36-3/h4-14,24,27H,1-3H3,(H,32,34)/b22-14+/t24-/m0/s1. The molecule has 7 nitrogen and oxygen atoms in total. The number of carbonyl (C=O) groups is 1. The summed E-state index contributed by atoms with van der Waals surface area (Å²) in [5.74, 6) is -0.333. The molecule has 0 saturated heterocycles. The number of hydrogen-bond donors (Lipinski definition) is 1. The maximum absolute atomic E-state index is 13.8. The number of aryl methyl sites for hydroxylation is 1. The number of amides is 1. The van der Waals surface area contributed by atoms with Crippen LogP contribution in [-0.2, 0) is 4.79 Å². The molecule has 0 bridgehead atoms. The van der Waals surface area contributed by atoms with Gasteiger partial charge in [-0.2, -0.15) is 8.78 Å². The summed E-state index contributed by atoms with van der Waals surface area (Å²) < 4.78 is 37.0. The number of alkyl halides is 2. The number of carbonyl (C=O) groups excluding carboxylic acids is 1. The third-order valence-electron chi connectivity index (χ3n) is 6.17. The highest BCUT2D eigenvalue weighted by Gasteiger charge is 2.33. The van der Waals surface area contributed by atoms with Crippen LogP contribution in [0.3, 0.4) is 0 Å². The van der Waals surface area contributed by atoms with Crippen molar-refractivity contribution in [3.05, 3.63) is 107 Å². The Balaban J connectivity index is 1.60. The van der Waals surface area contributed by atoms with E-state index in [4.69, 9.17) is 4.74 Å². The number of nitrogens with zero attached hydrogens (tertiary/aromatic N) is 2. The summed E-state index contributed by atoms with van der Waals surface area (Å²) in [4.78, 5) is 33.3. The Labute approximate surface area is 230 Å². The molecule has 0 spiro atoms. The first-order valence-electron chi connectivity index (χ1n) is 11.8. The number of ether oxygens (including phenoxy) is 2. The number of halogens is 2. The molecule has 0 unspecified atom stereocenters. The van der Waals surface area contributed by atoms with Crippen LogP contribution in [0, 0.1) is 6.92 Å². The van der Waals surface area contributed by atoms with E-state index >= 15 is 0 Å². The zero-order valence-corrected chi connectivity index (χ0v) is 22.7. The molecule has 2 aromatic carbocycles. The second kappa shape index (κ2) is 11.0. The molecule has 0 fully saturated rings. The Kier molecular flexibility index (Phi) is 7.45. The van der Waals surface area contributed by atoms with Crippen molar-refractivity contribution in [3.63, 3.8) is 0 Å². The summed E-state index contributed by atoms with van der Waals surface area (Å²) in [6, 6.07) is 15.0. The van der Waals surface area contributed by atoms with Crippen LogP contribution in [0.1, 0.15) is 29.0 Å². The van der Waals surface area contributed by atoms with E-state index in [2.05, 4.69) is 15.0 Å². The molecule has 0 saturated carbocycles. The van der Waals surface area contributed by atoms with Crippen molar-refractivity contribution in [1.82, 2.24) is 4.57 Å². The third-order valence-corrected chi connectivity index (χ3v) is 8.08. The summed E-state index contributed by atoms with van der Waals surface area (Å²) >= 11 is 2.63. The highest BCUT2D eigenvalue weighted by atomic mass is 32.1. The lowest BCUT2D eigenvalue weighted by molar-refractivity contribution is -0.113. The first-order chi connectivity index (χ1) is 18.8. The monoisotopic (exact) mass is 567 g/mol. The fourth-order valence-electron chi connectivity index (χ4n) is 4.35. The average molecular weight is 568 g/mol. The van der Waals surface area contributed by atoms with E-state index in [0.29, 0.717) is 31.9 Å². The van der Waals surface area contributed by atoms with Crippen LogP contribution >= 0.6 is 22.7 Å². The summed E-state index contributed by atoms with van der Waals surface area (Å²) in [5.41, 5.74) is 2.73. The van der Waals surface area contributed by atoms with Crippen LogP contribution in [0.4, 0.5) is 14.5 Å². The van der Waals surface area contributed by atoms with Gasteiger partial charge in [-0.15, -0.1) is 11.3 Å². The molecule has 1 aliphatic heterocycles. The van der Waals surface area contributed by atoms with Crippen molar-refractivity contribution in [2.45, 2.75) is 26.5 Å². The fraction of sp³-hybridized carbons (Fsp3) is 0.179. The van der Waals surface area contributed by atoms with Gasteiger partial charge in [-0.05, 0) is 60.7 Å². The van der Waals surface area contributed by atoms with Crippen LogP contribution in [-0.4, -0.2) is 24.2 Å². The lowest BCUT2D eigenvalue weighted by Gasteiger charge is -2.24. The van der Waals surface area contributed by atoms with E-state index in [9.17, 15) is 18.4 Å². The molecular formula is C28H23F2N3O4S2. The number of benzene rings is 2. The third kappa shape index (κ3) is 5.27. The Bertz CT molecular complexity index is 1760. The van der Waals surface area contributed by atoms with E-state index < -0.39 is 12.7 Å². The first-order valence-corrected chi connectivity index (χ1v) is 13.5. The highest BCUT2D eigenvalue weighted by molar-refractivity contribution is 7.10. The molecule has 1 atom stereocenters. The number of allylic oxidation sites excluding steroid dienone is 1. The zero-order chi connectivity index (χ0) is 27.7. The highest BCUT2D eigenvalue weighted by Crippen LogP contribution is 2.34. The van der Waals surface area contributed by atoms with Crippen LogP contribution in [0.15, 0.2) is 81.0 Å². The molecule has 39 heavy (non-hydrogen) atoms. The Morgan fingerprint density at radius 2 is 1.92 bits per heavy atom. The van der Waals surface area contributed by atoms with Crippen LogP contribution in [0.2, 0.25) is 0 Å². The van der Waals surface area contributed by atoms with Gasteiger partial charge >= 0.3 is 6.61 Å². The van der Waals surface area contributed by atoms with Gasteiger partial charge in [0.15, 0.2) is 16.3 Å². The average Bonchev–Trinajstić information content (AvgIpc) is 3.53. The predicted molar refractivity (Wildman–Crippen MR) is 148 cm³/mol. The number of methoxy groups -OCH3 is 1. The number of nitrogens with one attached hydrogen (secondary N) is 1. The normalized spacial score (nSPS) is 15.2. The first kappa shape index (κ1) is 26.5. The summed E-state index contributed by atoms with van der Waals surface area (Å²) in [5, 5.41) is 4.87. The van der Waals surface area contributed by atoms with Gasteiger partial charge in [0.05, 0.1) is 22.9 Å². The van der Waals surface area contributed by atoms with Crippen LogP contribution < -0.4 is 29.7 Å². The summed E-state index contributed by atoms with van der Waals surface area (Å²) in [6.45, 7) is 0.673. The molecule has 0 aliphatic carbocycles. The number of rotatable bonds is 7. The Morgan fingerprint density at radius 3 is 2.62 bits per heavy atom. The number of thiazole rings is 1. The van der Waals surface area contributed by atoms with Gasteiger partial charge in [-0.3, -0.25) is 14.2 Å². The molecular weight excluding hydrogens is 544 g/mol. The van der Waals surface area contributed by atoms with Crippen molar-refractivity contribution < 1.29 is 23.0 Å². The van der Waals surface area contributed by atoms with Crippen molar-refractivity contribution in [2.75, 3.05) is 12.4 Å². The molecule has 4 aromatic rings. The maximum Gasteiger partial charge on any atom is 0.387 e. The number of hydrogen-bond acceptors (Lipinski definition) is 7. The lowest BCUT2D eigenvalue weighted by atomic mass is 10.0. The molecule has 1 N–H and O–H groups in total. The quantitative estimate of drug-likeness (QED) is 0.346. The Hall–Kier alpha value is -4.09. The number of aromatic nitrogens is 1.